The van der Waals surface area contributed by atoms with Crippen molar-refractivity contribution >= 4 is 11.6 Å². The highest BCUT2D eigenvalue weighted by atomic mass is 35.5. The summed E-state index contributed by atoms with van der Waals surface area (Å²) >= 11 is 6.21. The van der Waals surface area contributed by atoms with Gasteiger partial charge in [0.2, 0.25) is 0 Å². The van der Waals surface area contributed by atoms with E-state index in [-0.39, 0.29) is 12.4 Å². The molecule has 0 radical (unpaired) electrons. The number of alkyl halides is 1. The number of rotatable bonds is 24. The summed E-state index contributed by atoms with van der Waals surface area (Å²) in [6.45, 7) is 6.91. The van der Waals surface area contributed by atoms with Gasteiger partial charge >= 0.3 is 0 Å². The van der Waals surface area contributed by atoms with Crippen molar-refractivity contribution in [3.8, 4) is 0 Å². The molecule has 0 fully saturated rings. The molecule has 2 rings (SSSR count). The highest BCUT2D eigenvalue weighted by Gasteiger charge is 2.27. The molecule has 0 saturated heterocycles. The van der Waals surface area contributed by atoms with Gasteiger partial charge in [-0.1, -0.05) is 157 Å². The zero-order valence-corrected chi connectivity index (χ0v) is 26.0. The molecular weight excluding hydrogens is 505 g/mol. The molecule has 0 bridgehead atoms. The van der Waals surface area contributed by atoms with Gasteiger partial charge in [0.15, 0.2) is 0 Å². The van der Waals surface area contributed by atoms with Gasteiger partial charge in [-0.2, -0.15) is 0 Å². The minimum absolute atomic E-state index is 0. The average Bonchev–Trinajstić information content (AvgIpc) is 2.93. The second-order valence-corrected chi connectivity index (χ2v) is 11.8. The molecule has 216 valence electrons. The zero-order valence-electron chi connectivity index (χ0n) is 24.5. The highest BCUT2D eigenvalue weighted by Crippen LogP contribution is 2.23. The summed E-state index contributed by atoms with van der Waals surface area (Å²) in [7, 11) is 0. The number of hydrogen-bond acceptors (Lipinski definition) is 0. The van der Waals surface area contributed by atoms with Crippen molar-refractivity contribution in [3.05, 3.63) is 71.8 Å². The lowest BCUT2D eigenvalue weighted by molar-refractivity contribution is -0.953. The van der Waals surface area contributed by atoms with Gasteiger partial charge in [-0.3, -0.25) is 0 Å². The molecule has 0 aromatic heterocycles. The van der Waals surface area contributed by atoms with Gasteiger partial charge in [-0.25, -0.2) is 0 Å². The van der Waals surface area contributed by atoms with Crippen LogP contribution in [0.15, 0.2) is 60.7 Å². The smallest absolute Gasteiger partial charge is 0.105 e. The van der Waals surface area contributed by atoms with Crippen molar-refractivity contribution in [1.29, 1.82) is 0 Å². The maximum atomic E-state index is 6.21. The van der Waals surface area contributed by atoms with Crippen LogP contribution >= 0.6 is 11.6 Å². The molecular formula is C35H57Cl2N. The van der Waals surface area contributed by atoms with Gasteiger partial charge in [0.05, 0.1) is 13.1 Å². The minimum Gasteiger partial charge on any atom is -1.00 e. The molecule has 0 N–H and O–H groups in total. The van der Waals surface area contributed by atoms with E-state index in [9.17, 15) is 0 Å². The molecule has 0 aliphatic rings. The molecule has 0 spiro atoms. The van der Waals surface area contributed by atoms with Crippen LogP contribution in [0.25, 0.3) is 0 Å². The molecule has 0 heterocycles. The van der Waals surface area contributed by atoms with Gasteiger partial charge in [0.25, 0.3) is 0 Å². The fraction of sp³-hybridized carbons (Fsp3) is 0.657. The third-order valence-corrected chi connectivity index (χ3v) is 8.24. The van der Waals surface area contributed by atoms with Crippen LogP contribution in [0, 0.1) is 0 Å². The van der Waals surface area contributed by atoms with Crippen molar-refractivity contribution in [2.45, 2.75) is 129 Å². The number of halogens is 2. The van der Waals surface area contributed by atoms with Gasteiger partial charge in [0.1, 0.15) is 13.1 Å². The van der Waals surface area contributed by atoms with Crippen molar-refractivity contribution in [3.63, 3.8) is 0 Å². The molecule has 0 aliphatic carbocycles. The fourth-order valence-corrected chi connectivity index (χ4v) is 5.94. The second-order valence-electron chi connectivity index (χ2n) is 11.4. The summed E-state index contributed by atoms with van der Waals surface area (Å²) in [6, 6.07) is 22.2. The first-order valence-corrected chi connectivity index (χ1v) is 16.3. The summed E-state index contributed by atoms with van der Waals surface area (Å²) in [5.74, 6) is 0.753. The Balaban J connectivity index is 0.00000722. The molecule has 0 aliphatic heterocycles. The first-order valence-electron chi connectivity index (χ1n) is 15.8. The number of unbranched alkanes of at least 4 members (excludes halogenated alkanes) is 15. The Hall–Kier alpha value is -1.02. The van der Waals surface area contributed by atoms with Crippen LogP contribution in [0.3, 0.4) is 0 Å². The van der Waals surface area contributed by atoms with Gasteiger partial charge in [0, 0.05) is 23.4 Å². The van der Waals surface area contributed by atoms with Crippen LogP contribution in [-0.2, 0) is 13.1 Å². The first-order chi connectivity index (χ1) is 18.3. The van der Waals surface area contributed by atoms with E-state index in [1.165, 1.54) is 120 Å². The summed E-state index contributed by atoms with van der Waals surface area (Å²) in [5.41, 5.74) is 2.90. The van der Waals surface area contributed by atoms with E-state index in [0.29, 0.717) is 0 Å². The maximum absolute atomic E-state index is 6.21. The largest absolute Gasteiger partial charge is 1.00 e. The third kappa shape index (κ3) is 16.8. The maximum Gasteiger partial charge on any atom is 0.105 e. The van der Waals surface area contributed by atoms with E-state index in [1.54, 1.807) is 0 Å². The predicted molar refractivity (Wildman–Crippen MR) is 165 cm³/mol. The van der Waals surface area contributed by atoms with E-state index < -0.39 is 0 Å². The van der Waals surface area contributed by atoms with E-state index in [2.05, 4.69) is 67.6 Å². The molecule has 0 amide bonds. The third-order valence-electron chi connectivity index (χ3n) is 7.97. The Labute approximate surface area is 247 Å². The Kier molecular flexibility index (Phi) is 22.0. The van der Waals surface area contributed by atoms with Crippen LogP contribution in [0.1, 0.15) is 127 Å². The molecule has 2 aromatic rings. The standard InChI is InChI=1S/C35H57ClN.ClH/c1-2-3-4-5-6-7-8-9-10-11-12-13-14-15-16-23-30-37(31-24-29-36,32-34-25-19-17-20-26-34)33-35-27-21-18-22-28-35;/h17-22,25-28H,2-16,23-24,29-33H2,1H3;1H/q+1;/p-1. The highest BCUT2D eigenvalue weighted by molar-refractivity contribution is 6.17. The lowest BCUT2D eigenvalue weighted by atomic mass is 10.0. The van der Waals surface area contributed by atoms with Crippen molar-refractivity contribution in [1.82, 2.24) is 0 Å². The Bertz CT molecular complexity index is 708. The molecule has 38 heavy (non-hydrogen) atoms. The number of quaternary nitrogens is 1. The lowest BCUT2D eigenvalue weighted by Gasteiger charge is -2.39. The average molecular weight is 563 g/mol. The van der Waals surface area contributed by atoms with E-state index in [4.69, 9.17) is 11.6 Å². The summed E-state index contributed by atoms with van der Waals surface area (Å²) in [5, 5.41) is 0. The van der Waals surface area contributed by atoms with Crippen molar-refractivity contribution in [2.24, 2.45) is 0 Å². The van der Waals surface area contributed by atoms with Gasteiger partial charge < -0.3 is 16.9 Å². The molecule has 2 aromatic carbocycles. The molecule has 0 unspecified atom stereocenters. The summed E-state index contributed by atoms with van der Waals surface area (Å²) < 4.78 is 1.12. The van der Waals surface area contributed by atoms with E-state index >= 15 is 0 Å². The first kappa shape index (κ1) is 35.0. The van der Waals surface area contributed by atoms with E-state index in [0.717, 1.165) is 36.4 Å². The van der Waals surface area contributed by atoms with Crippen LogP contribution in [0.2, 0.25) is 0 Å². The van der Waals surface area contributed by atoms with E-state index in [1.807, 2.05) is 0 Å². The second kappa shape index (κ2) is 23.8. The quantitative estimate of drug-likeness (QED) is 0.0689. The molecule has 3 heteroatoms. The molecule has 0 atom stereocenters. The number of hydrogen-bond donors (Lipinski definition) is 0. The lowest BCUT2D eigenvalue weighted by Crippen LogP contribution is -3.00. The van der Waals surface area contributed by atoms with Crippen molar-refractivity contribution < 1.29 is 16.9 Å². The number of nitrogens with zero attached hydrogens (tertiary/aromatic N) is 1. The SMILES string of the molecule is CCCCCCCCCCCCCCCCCC[N+](CCCCl)(Cc1ccccc1)Cc1ccccc1.[Cl-]. The zero-order chi connectivity index (χ0) is 26.3. The van der Waals surface area contributed by atoms with Crippen LogP contribution in [-0.4, -0.2) is 23.5 Å². The topological polar surface area (TPSA) is 0 Å². The molecule has 1 nitrogen and oxygen atoms in total. The monoisotopic (exact) mass is 561 g/mol. The fourth-order valence-electron chi connectivity index (χ4n) is 5.82. The van der Waals surface area contributed by atoms with Crippen LogP contribution in [0.5, 0.6) is 0 Å². The Morgan fingerprint density at radius 3 is 1.18 bits per heavy atom. The van der Waals surface area contributed by atoms with Crippen LogP contribution in [0.4, 0.5) is 0 Å². The minimum atomic E-state index is 0. The normalized spacial score (nSPS) is 11.4. The van der Waals surface area contributed by atoms with Crippen LogP contribution < -0.4 is 12.4 Å². The van der Waals surface area contributed by atoms with Crippen molar-refractivity contribution in [2.75, 3.05) is 19.0 Å². The Morgan fingerprint density at radius 2 is 0.816 bits per heavy atom. The number of benzene rings is 2. The van der Waals surface area contributed by atoms with Gasteiger partial charge in [-0.05, 0) is 12.8 Å². The summed E-state index contributed by atoms with van der Waals surface area (Å²) in [6.07, 6.45) is 23.9. The predicted octanol–water partition coefficient (Wildman–Crippen LogP) is 8.10. The summed E-state index contributed by atoms with van der Waals surface area (Å²) in [4.78, 5) is 0. The van der Waals surface area contributed by atoms with Gasteiger partial charge in [-0.15, -0.1) is 11.6 Å². The Morgan fingerprint density at radius 1 is 0.474 bits per heavy atom. The molecule has 0 saturated carbocycles.